The fourth-order valence-electron chi connectivity index (χ4n) is 2.50. The molecule has 0 spiro atoms. The Balaban J connectivity index is 1.59. The fourth-order valence-corrected chi connectivity index (χ4v) is 3.30. The van der Waals surface area contributed by atoms with Crippen molar-refractivity contribution in [2.45, 2.75) is 30.5 Å². The summed E-state index contributed by atoms with van der Waals surface area (Å²) in [5.74, 6) is 1.93. The van der Waals surface area contributed by atoms with Gasteiger partial charge in [-0.2, -0.15) is 10.1 Å². The maximum atomic E-state index is 5.28. The van der Waals surface area contributed by atoms with Crippen LogP contribution in [0, 0.1) is 0 Å². The van der Waals surface area contributed by atoms with Crippen LogP contribution in [0.2, 0.25) is 0 Å². The third-order valence-electron chi connectivity index (χ3n) is 3.65. The van der Waals surface area contributed by atoms with E-state index in [4.69, 9.17) is 4.52 Å². The Kier molecular flexibility index (Phi) is 4.43. The van der Waals surface area contributed by atoms with Crippen LogP contribution in [0.5, 0.6) is 0 Å². The van der Waals surface area contributed by atoms with Gasteiger partial charge in [0.2, 0.25) is 5.89 Å². The molecule has 0 radical (unpaired) electrons. The molecule has 4 aromatic rings. The number of aryl methyl sites for hydroxylation is 1. The number of hydrogen-bond donors (Lipinski definition) is 0. The van der Waals surface area contributed by atoms with Gasteiger partial charge in [-0.3, -0.25) is 0 Å². The van der Waals surface area contributed by atoms with Crippen molar-refractivity contribution in [3.05, 3.63) is 54.6 Å². The van der Waals surface area contributed by atoms with Crippen molar-refractivity contribution in [1.29, 1.82) is 0 Å². The standard InChI is InChI=1S/C17H16N6OS/c1-2-6-14-21-15(24-22-14)10-25-17-13-9-20-23(16(13)18-11-19-17)12-7-4-3-5-8-12/h3-5,7-9,11H,2,6,10H2,1H3. The van der Waals surface area contributed by atoms with Crippen LogP contribution < -0.4 is 0 Å². The second-order valence-corrected chi connectivity index (χ2v) is 6.42. The molecule has 1 aromatic carbocycles. The Hall–Kier alpha value is -2.74. The quantitative estimate of drug-likeness (QED) is 0.388. The van der Waals surface area contributed by atoms with Crippen molar-refractivity contribution < 1.29 is 4.52 Å². The third-order valence-corrected chi connectivity index (χ3v) is 4.64. The van der Waals surface area contributed by atoms with E-state index >= 15 is 0 Å². The lowest BCUT2D eigenvalue weighted by Crippen LogP contribution is -1.97. The van der Waals surface area contributed by atoms with Crippen molar-refractivity contribution in [3.8, 4) is 5.69 Å². The van der Waals surface area contributed by atoms with E-state index in [0.29, 0.717) is 11.6 Å². The number of thioether (sulfide) groups is 1. The summed E-state index contributed by atoms with van der Waals surface area (Å²) in [6.07, 6.45) is 5.18. The Morgan fingerprint density at radius 2 is 2.04 bits per heavy atom. The third kappa shape index (κ3) is 3.25. The summed E-state index contributed by atoms with van der Waals surface area (Å²) in [4.78, 5) is 13.2. The van der Waals surface area contributed by atoms with Crippen molar-refractivity contribution in [2.75, 3.05) is 0 Å². The number of fused-ring (bicyclic) bond motifs is 1. The van der Waals surface area contributed by atoms with Gasteiger partial charge in [-0.05, 0) is 18.6 Å². The largest absolute Gasteiger partial charge is 0.338 e. The van der Waals surface area contributed by atoms with E-state index in [2.05, 4.69) is 32.1 Å². The molecule has 7 nitrogen and oxygen atoms in total. The van der Waals surface area contributed by atoms with E-state index in [-0.39, 0.29) is 0 Å². The Bertz CT molecular complexity index is 981. The van der Waals surface area contributed by atoms with E-state index in [1.165, 1.54) is 0 Å². The van der Waals surface area contributed by atoms with Crippen molar-refractivity contribution in [1.82, 2.24) is 29.9 Å². The van der Waals surface area contributed by atoms with Crippen LogP contribution in [0.15, 0.2) is 52.4 Å². The van der Waals surface area contributed by atoms with Crippen molar-refractivity contribution in [3.63, 3.8) is 0 Å². The first-order valence-corrected chi connectivity index (χ1v) is 9.02. The number of rotatable bonds is 6. The van der Waals surface area contributed by atoms with Crippen molar-refractivity contribution >= 4 is 22.8 Å². The maximum absolute atomic E-state index is 5.28. The van der Waals surface area contributed by atoms with Crippen LogP contribution in [-0.4, -0.2) is 29.9 Å². The van der Waals surface area contributed by atoms with Crippen LogP contribution >= 0.6 is 11.8 Å². The fraction of sp³-hybridized carbons (Fsp3) is 0.235. The molecule has 0 aliphatic rings. The number of benzene rings is 1. The number of aromatic nitrogens is 6. The lowest BCUT2D eigenvalue weighted by molar-refractivity contribution is 0.384. The first-order chi connectivity index (χ1) is 12.3. The molecule has 0 aliphatic heterocycles. The highest BCUT2D eigenvalue weighted by Crippen LogP contribution is 2.27. The zero-order chi connectivity index (χ0) is 17.1. The molecule has 0 saturated heterocycles. The van der Waals surface area contributed by atoms with Crippen LogP contribution in [0.25, 0.3) is 16.7 Å². The molecule has 0 atom stereocenters. The first kappa shape index (κ1) is 15.8. The SMILES string of the molecule is CCCc1noc(CSc2ncnc3c2cnn3-c2ccccc2)n1. The highest BCUT2D eigenvalue weighted by molar-refractivity contribution is 7.98. The van der Waals surface area contributed by atoms with Gasteiger partial charge in [0.1, 0.15) is 11.4 Å². The van der Waals surface area contributed by atoms with E-state index in [0.717, 1.165) is 40.4 Å². The highest BCUT2D eigenvalue weighted by Gasteiger charge is 2.13. The van der Waals surface area contributed by atoms with Gasteiger partial charge in [0.15, 0.2) is 11.5 Å². The van der Waals surface area contributed by atoms with Crippen molar-refractivity contribution in [2.24, 2.45) is 0 Å². The summed E-state index contributed by atoms with van der Waals surface area (Å²) in [6, 6.07) is 9.92. The lowest BCUT2D eigenvalue weighted by Gasteiger charge is -2.03. The average molecular weight is 352 g/mol. The van der Waals surface area contributed by atoms with Gasteiger partial charge in [0.25, 0.3) is 0 Å². The molecule has 126 valence electrons. The number of para-hydroxylation sites is 1. The summed E-state index contributed by atoms with van der Waals surface area (Å²) >= 11 is 1.54. The van der Waals surface area contributed by atoms with E-state index in [9.17, 15) is 0 Å². The molecule has 0 unspecified atom stereocenters. The molecule has 0 N–H and O–H groups in total. The molecule has 3 aromatic heterocycles. The molecule has 0 aliphatic carbocycles. The summed E-state index contributed by atoms with van der Waals surface area (Å²) in [7, 11) is 0. The van der Waals surface area contributed by atoms with Gasteiger partial charge in [-0.15, -0.1) is 0 Å². The molecule has 0 bridgehead atoms. The minimum Gasteiger partial charge on any atom is -0.338 e. The Labute approximate surface area is 148 Å². The predicted molar refractivity (Wildman–Crippen MR) is 94.5 cm³/mol. The minimum absolute atomic E-state index is 0.569. The second-order valence-electron chi connectivity index (χ2n) is 5.45. The first-order valence-electron chi connectivity index (χ1n) is 8.03. The molecule has 3 heterocycles. The van der Waals surface area contributed by atoms with Gasteiger partial charge < -0.3 is 4.52 Å². The molecular formula is C17H16N6OS. The number of nitrogens with zero attached hydrogens (tertiary/aromatic N) is 6. The Morgan fingerprint density at radius 1 is 1.16 bits per heavy atom. The molecule has 8 heteroatoms. The van der Waals surface area contributed by atoms with Gasteiger partial charge in [-0.1, -0.05) is 42.0 Å². The van der Waals surface area contributed by atoms with Gasteiger partial charge in [-0.25, -0.2) is 14.6 Å². The van der Waals surface area contributed by atoms with Gasteiger partial charge >= 0.3 is 0 Å². The van der Waals surface area contributed by atoms with Gasteiger partial charge in [0, 0.05) is 6.42 Å². The van der Waals surface area contributed by atoms with Crippen LogP contribution in [0.3, 0.4) is 0 Å². The molecule has 0 fully saturated rings. The normalized spacial score (nSPS) is 11.2. The number of hydrogen-bond acceptors (Lipinski definition) is 7. The topological polar surface area (TPSA) is 82.5 Å². The monoisotopic (exact) mass is 352 g/mol. The molecule has 4 rings (SSSR count). The lowest BCUT2D eigenvalue weighted by atomic mass is 10.3. The predicted octanol–water partition coefficient (Wildman–Crippen LogP) is 3.44. The zero-order valence-corrected chi connectivity index (χ0v) is 14.5. The van der Waals surface area contributed by atoms with Crippen LogP contribution in [0.4, 0.5) is 0 Å². The molecule has 0 amide bonds. The molecule has 25 heavy (non-hydrogen) atoms. The van der Waals surface area contributed by atoms with E-state index in [1.54, 1.807) is 24.3 Å². The van der Waals surface area contributed by atoms with Crippen LogP contribution in [0.1, 0.15) is 25.1 Å². The average Bonchev–Trinajstić information content (AvgIpc) is 3.28. The molecule has 0 saturated carbocycles. The summed E-state index contributed by atoms with van der Waals surface area (Å²) in [6.45, 7) is 2.09. The zero-order valence-electron chi connectivity index (χ0n) is 13.7. The Morgan fingerprint density at radius 3 is 2.88 bits per heavy atom. The highest BCUT2D eigenvalue weighted by atomic mass is 32.2. The second kappa shape index (κ2) is 7.02. The maximum Gasteiger partial charge on any atom is 0.237 e. The summed E-state index contributed by atoms with van der Waals surface area (Å²) < 4.78 is 7.09. The minimum atomic E-state index is 0.569. The van der Waals surface area contributed by atoms with Gasteiger partial charge in [0.05, 0.1) is 23.0 Å². The smallest absolute Gasteiger partial charge is 0.237 e. The van der Waals surface area contributed by atoms with E-state index in [1.807, 2.05) is 35.0 Å². The summed E-state index contributed by atoms with van der Waals surface area (Å²) in [5.41, 5.74) is 1.74. The van der Waals surface area contributed by atoms with Crippen LogP contribution in [-0.2, 0) is 12.2 Å². The summed E-state index contributed by atoms with van der Waals surface area (Å²) in [5, 5.41) is 10.2. The molecular weight excluding hydrogens is 336 g/mol. The van der Waals surface area contributed by atoms with E-state index < -0.39 is 0 Å².